The Balaban J connectivity index is 1.70. The van der Waals surface area contributed by atoms with Crippen LogP contribution < -0.4 is 10.1 Å². The number of aromatic amines is 1. The van der Waals surface area contributed by atoms with E-state index >= 15 is 0 Å². The molecular weight excluding hydrogens is 348 g/mol. The van der Waals surface area contributed by atoms with Crippen LogP contribution in [0.25, 0.3) is 11.4 Å². The van der Waals surface area contributed by atoms with Crippen LogP contribution in [0.15, 0.2) is 48.5 Å². The molecule has 0 saturated heterocycles. The van der Waals surface area contributed by atoms with Gasteiger partial charge in [0.05, 0.1) is 7.11 Å². The van der Waals surface area contributed by atoms with Gasteiger partial charge in [0.15, 0.2) is 10.6 Å². The van der Waals surface area contributed by atoms with Gasteiger partial charge in [-0.05, 0) is 36.8 Å². The Labute approximate surface area is 156 Å². The van der Waals surface area contributed by atoms with Gasteiger partial charge < -0.3 is 10.1 Å². The van der Waals surface area contributed by atoms with Gasteiger partial charge in [-0.15, -0.1) is 0 Å². The van der Waals surface area contributed by atoms with E-state index in [4.69, 9.17) is 17.0 Å². The number of hydrogen-bond donors (Lipinski definition) is 2. The van der Waals surface area contributed by atoms with Gasteiger partial charge in [-0.2, -0.15) is 5.10 Å². The number of aryl methyl sites for hydroxylation is 1. The van der Waals surface area contributed by atoms with E-state index in [0.29, 0.717) is 17.1 Å². The van der Waals surface area contributed by atoms with Gasteiger partial charge in [-0.25, -0.2) is 0 Å². The van der Waals surface area contributed by atoms with Crippen molar-refractivity contribution in [1.29, 1.82) is 0 Å². The largest absolute Gasteiger partial charge is 0.497 e. The first-order chi connectivity index (χ1) is 12.6. The lowest BCUT2D eigenvalue weighted by atomic mass is 10.1. The lowest BCUT2D eigenvalue weighted by molar-refractivity contribution is -0.121. The van der Waals surface area contributed by atoms with Crippen LogP contribution in [-0.2, 0) is 17.9 Å². The fourth-order valence-electron chi connectivity index (χ4n) is 2.57. The molecule has 0 fully saturated rings. The zero-order chi connectivity index (χ0) is 18.5. The number of benzene rings is 2. The standard InChI is InChI=1S/C19H20N4O2S/c1-13-6-8-15(9-7-13)18-21-22-19(26)23(18)12-17(24)20-11-14-4-3-5-16(10-14)25-2/h3-10H,11-12H2,1-2H3,(H,20,24)(H,22,26). The molecule has 0 radical (unpaired) electrons. The maximum Gasteiger partial charge on any atom is 0.240 e. The molecule has 7 heteroatoms. The number of carbonyl (C=O) groups is 1. The molecule has 6 nitrogen and oxygen atoms in total. The monoisotopic (exact) mass is 368 g/mol. The summed E-state index contributed by atoms with van der Waals surface area (Å²) in [4.78, 5) is 12.4. The van der Waals surface area contributed by atoms with Crippen molar-refractivity contribution in [1.82, 2.24) is 20.1 Å². The molecule has 3 rings (SSSR count). The number of amides is 1. The van der Waals surface area contributed by atoms with Crippen LogP contribution in [0.5, 0.6) is 5.75 Å². The van der Waals surface area contributed by atoms with Crippen molar-refractivity contribution in [2.75, 3.05) is 7.11 Å². The summed E-state index contributed by atoms with van der Waals surface area (Å²) in [5.41, 5.74) is 3.03. The van der Waals surface area contributed by atoms with Gasteiger partial charge in [0.2, 0.25) is 5.91 Å². The molecule has 0 unspecified atom stereocenters. The maximum absolute atomic E-state index is 12.4. The molecule has 3 aromatic rings. The number of ether oxygens (including phenoxy) is 1. The highest BCUT2D eigenvalue weighted by molar-refractivity contribution is 7.71. The van der Waals surface area contributed by atoms with E-state index in [0.717, 1.165) is 22.4 Å². The third-order valence-electron chi connectivity index (χ3n) is 3.99. The molecule has 0 aliphatic heterocycles. The molecule has 0 aliphatic carbocycles. The molecule has 134 valence electrons. The van der Waals surface area contributed by atoms with Gasteiger partial charge >= 0.3 is 0 Å². The predicted octanol–water partition coefficient (Wildman–Crippen LogP) is 3.24. The summed E-state index contributed by atoms with van der Waals surface area (Å²) in [5, 5.41) is 9.92. The second-order valence-electron chi connectivity index (χ2n) is 5.93. The summed E-state index contributed by atoms with van der Waals surface area (Å²) in [7, 11) is 1.62. The van der Waals surface area contributed by atoms with Crippen molar-refractivity contribution < 1.29 is 9.53 Å². The van der Waals surface area contributed by atoms with Crippen molar-refractivity contribution >= 4 is 18.1 Å². The molecule has 1 aromatic heterocycles. The highest BCUT2D eigenvalue weighted by atomic mass is 32.1. The average molecular weight is 368 g/mol. The lowest BCUT2D eigenvalue weighted by Crippen LogP contribution is -2.27. The topological polar surface area (TPSA) is 71.9 Å². The van der Waals surface area contributed by atoms with Gasteiger partial charge in [0, 0.05) is 12.1 Å². The molecule has 0 spiro atoms. The van der Waals surface area contributed by atoms with Crippen molar-refractivity contribution in [3.05, 3.63) is 64.4 Å². The van der Waals surface area contributed by atoms with Gasteiger partial charge in [-0.3, -0.25) is 14.5 Å². The zero-order valence-corrected chi connectivity index (χ0v) is 15.5. The number of nitrogens with zero attached hydrogens (tertiary/aromatic N) is 2. The van der Waals surface area contributed by atoms with Crippen molar-refractivity contribution in [3.8, 4) is 17.1 Å². The van der Waals surface area contributed by atoms with Crippen LogP contribution in [0.4, 0.5) is 0 Å². The Morgan fingerprint density at radius 3 is 2.77 bits per heavy atom. The van der Waals surface area contributed by atoms with Crippen molar-refractivity contribution in [3.63, 3.8) is 0 Å². The second kappa shape index (κ2) is 7.97. The molecular formula is C19H20N4O2S. The molecule has 0 atom stereocenters. The molecule has 0 saturated carbocycles. The maximum atomic E-state index is 12.4. The number of H-pyrrole nitrogens is 1. The third kappa shape index (κ3) is 4.18. The summed E-state index contributed by atoms with van der Waals surface area (Å²) in [6.45, 7) is 2.54. The summed E-state index contributed by atoms with van der Waals surface area (Å²) in [6, 6.07) is 15.5. The van der Waals surface area contributed by atoms with E-state index in [1.165, 1.54) is 0 Å². The fourth-order valence-corrected chi connectivity index (χ4v) is 2.77. The Morgan fingerprint density at radius 1 is 1.27 bits per heavy atom. The highest BCUT2D eigenvalue weighted by Gasteiger charge is 2.12. The summed E-state index contributed by atoms with van der Waals surface area (Å²) >= 11 is 5.28. The Morgan fingerprint density at radius 2 is 2.04 bits per heavy atom. The van der Waals surface area contributed by atoms with Crippen LogP contribution in [0, 0.1) is 11.7 Å². The normalized spacial score (nSPS) is 10.5. The van der Waals surface area contributed by atoms with Crippen LogP contribution >= 0.6 is 12.2 Å². The van der Waals surface area contributed by atoms with E-state index in [-0.39, 0.29) is 12.5 Å². The minimum absolute atomic E-state index is 0.0997. The van der Waals surface area contributed by atoms with Crippen LogP contribution in [0.1, 0.15) is 11.1 Å². The predicted molar refractivity (Wildman–Crippen MR) is 102 cm³/mol. The van der Waals surface area contributed by atoms with Crippen molar-refractivity contribution in [2.24, 2.45) is 0 Å². The van der Waals surface area contributed by atoms with Crippen LogP contribution in [0.2, 0.25) is 0 Å². The van der Waals surface area contributed by atoms with E-state index in [1.54, 1.807) is 11.7 Å². The van der Waals surface area contributed by atoms with Gasteiger partial charge in [0.1, 0.15) is 12.3 Å². The summed E-state index contributed by atoms with van der Waals surface area (Å²) in [6.07, 6.45) is 0. The third-order valence-corrected chi connectivity index (χ3v) is 4.31. The summed E-state index contributed by atoms with van der Waals surface area (Å²) < 4.78 is 7.30. The molecule has 1 amide bonds. The number of nitrogens with one attached hydrogen (secondary N) is 2. The van der Waals surface area contributed by atoms with Crippen molar-refractivity contribution in [2.45, 2.75) is 20.0 Å². The number of carbonyl (C=O) groups excluding carboxylic acids is 1. The molecule has 0 aliphatic rings. The summed E-state index contributed by atoms with van der Waals surface area (Å²) in [5.74, 6) is 1.26. The molecule has 2 N–H and O–H groups in total. The van der Waals surface area contributed by atoms with Gasteiger partial charge in [0.25, 0.3) is 0 Å². The van der Waals surface area contributed by atoms with E-state index in [1.807, 2.05) is 55.5 Å². The first kappa shape index (κ1) is 17.9. The zero-order valence-electron chi connectivity index (χ0n) is 14.7. The highest BCUT2D eigenvalue weighted by Crippen LogP contribution is 2.18. The van der Waals surface area contributed by atoms with E-state index in [9.17, 15) is 4.79 Å². The molecule has 26 heavy (non-hydrogen) atoms. The number of rotatable bonds is 6. The number of aromatic nitrogens is 3. The minimum Gasteiger partial charge on any atom is -0.497 e. The minimum atomic E-state index is -0.140. The Hall–Kier alpha value is -2.93. The Kier molecular flexibility index (Phi) is 5.48. The quantitative estimate of drug-likeness (QED) is 0.655. The molecule has 0 bridgehead atoms. The van der Waals surface area contributed by atoms with Gasteiger partial charge in [-0.1, -0.05) is 42.0 Å². The average Bonchev–Trinajstić information content (AvgIpc) is 3.01. The van der Waals surface area contributed by atoms with E-state index in [2.05, 4.69) is 15.5 Å². The smallest absolute Gasteiger partial charge is 0.240 e. The van der Waals surface area contributed by atoms with Crippen LogP contribution in [-0.4, -0.2) is 27.8 Å². The SMILES string of the molecule is COc1cccc(CNC(=O)Cn2c(-c3ccc(C)cc3)n[nH]c2=S)c1. The number of hydrogen-bond acceptors (Lipinski definition) is 4. The van der Waals surface area contributed by atoms with Crippen LogP contribution in [0.3, 0.4) is 0 Å². The first-order valence-corrected chi connectivity index (χ1v) is 8.59. The molecule has 1 heterocycles. The fraction of sp³-hybridized carbons (Fsp3) is 0.211. The van der Waals surface area contributed by atoms with E-state index < -0.39 is 0 Å². The first-order valence-electron chi connectivity index (χ1n) is 8.18. The second-order valence-corrected chi connectivity index (χ2v) is 6.32. The lowest BCUT2D eigenvalue weighted by Gasteiger charge is -2.09. The molecule has 2 aromatic carbocycles. The number of methoxy groups -OCH3 is 1. The Bertz CT molecular complexity index is 960.